The average Bonchev–Trinajstić information content (AvgIpc) is 2.93. The van der Waals surface area contributed by atoms with Gasteiger partial charge in [-0.25, -0.2) is 0 Å². The first-order chi connectivity index (χ1) is 6.38. The third-order valence-corrected chi connectivity index (χ3v) is 2.62. The third kappa shape index (κ3) is 4.63. The lowest BCUT2D eigenvalue weighted by atomic mass is 10.3. The lowest BCUT2D eigenvalue weighted by Gasteiger charge is -2.20. The maximum absolute atomic E-state index is 3.38. The zero-order chi connectivity index (χ0) is 9.52. The molecule has 0 aromatic rings. The fourth-order valence-electron chi connectivity index (χ4n) is 1.79. The van der Waals surface area contributed by atoms with Crippen molar-refractivity contribution in [3.05, 3.63) is 0 Å². The van der Waals surface area contributed by atoms with Crippen LogP contribution in [0.25, 0.3) is 0 Å². The molecule has 0 radical (unpaired) electrons. The summed E-state index contributed by atoms with van der Waals surface area (Å²) in [7, 11) is 0. The normalized spacial score (nSPS) is 16.8. The topological polar surface area (TPSA) is 15.3 Å². The van der Waals surface area contributed by atoms with Crippen molar-refractivity contribution in [3.8, 4) is 0 Å². The maximum atomic E-state index is 3.38. The lowest BCUT2D eigenvalue weighted by Crippen LogP contribution is -2.30. The van der Waals surface area contributed by atoms with Gasteiger partial charge in [0.1, 0.15) is 0 Å². The fraction of sp³-hybridized carbons (Fsp3) is 1.00. The molecule has 0 spiro atoms. The highest BCUT2D eigenvalue weighted by atomic mass is 15.2. The second kappa shape index (κ2) is 6.39. The minimum Gasteiger partial charge on any atom is -0.317 e. The highest BCUT2D eigenvalue weighted by Crippen LogP contribution is 2.26. The van der Waals surface area contributed by atoms with E-state index >= 15 is 0 Å². The Morgan fingerprint density at radius 1 is 1.23 bits per heavy atom. The molecular formula is C11H24N2. The van der Waals surface area contributed by atoms with Crippen LogP contribution >= 0.6 is 0 Å². The van der Waals surface area contributed by atoms with Crippen LogP contribution in [-0.2, 0) is 0 Å². The summed E-state index contributed by atoms with van der Waals surface area (Å²) in [5.41, 5.74) is 0. The van der Waals surface area contributed by atoms with Crippen LogP contribution in [0.5, 0.6) is 0 Å². The number of rotatable bonds is 8. The van der Waals surface area contributed by atoms with E-state index in [1.54, 1.807) is 0 Å². The second-order valence-electron chi connectivity index (χ2n) is 3.97. The van der Waals surface area contributed by atoms with E-state index in [0.29, 0.717) is 0 Å². The van der Waals surface area contributed by atoms with Gasteiger partial charge in [-0.1, -0.05) is 13.8 Å². The summed E-state index contributed by atoms with van der Waals surface area (Å²) < 4.78 is 0. The Balaban J connectivity index is 2.00. The summed E-state index contributed by atoms with van der Waals surface area (Å²) in [6.07, 6.45) is 5.50. The van der Waals surface area contributed by atoms with E-state index in [-0.39, 0.29) is 0 Å². The molecule has 1 N–H and O–H groups in total. The summed E-state index contributed by atoms with van der Waals surface area (Å²) in [6.45, 7) is 9.34. The summed E-state index contributed by atoms with van der Waals surface area (Å²) in [6, 6.07) is 0.946. The first kappa shape index (κ1) is 11.0. The summed E-state index contributed by atoms with van der Waals surface area (Å²) in [5, 5.41) is 3.38. The number of hydrogen-bond acceptors (Lipinski definition) is 2. The van der Waals surface area contributed by atoms with Crippen LogP contribution in [0, 0.1) is 0 Å². The van der Waals surface area contributed by atoms with Crippen molar-refractivity contribution in [2.24, 2.45) is 0 Å². The second-order valence-corrected chi connectivity index (χ2v) is 3.97. The van der Waals surface area contributed by atoms with Gasteiger partial charge in [-0.05, 0) is 51.9 Å². The molecule has 0 aliphatic heterocycles. The number of nitrogens with zero attached hydrogens (tertiary/aromatic N) is 1. The smallest absolute Gasteiger partial charge is 0.00964 e. The average molecular weight is 184 g/mol. The van der Waals surface area contributed by atoms with Gasteiger partial charge in [0.15, 0.2) is 0 Å². The predicted octanol–water partition coefficient (Wildman–Crippen LogP) is 1.86. The van der Waals surface area contributed by atoms with Gasteiger partial charge in [-0.2, -0.15) is 0 Å². The first-order valence-electron chi connectivity index (χ1n) is 5.83. The Morgan fingerprint density at radius 2 is 2.00 bits per heavy atom. The highest BCUT2D eigenvalue weighted by molar-refractivity contribution is 4.84. The van der Waals surface area contributed by atoms with E-state index in [4.69, 9.17) is 0 Å². The summed E-state index contributed by atoms with van der Waals surface area (Å²) >= 11 is 0. The zero-order valence-electron chi connectivity index (χ0n) is 9.18. The Kier molecular flexibility index (Phi) is 5.40. The third-order valence-electron chi connectivity index (χ3n) is 2.62. The van der Waals surface area contributed by atoms with Crippen molar-refractivity contribution < 1.29 is 0 Å². The van der Waals surface area contributed by atoms with Gasteiger partial charge in [-0.3, -0.25) is 0 Å². The van der Waals surface area contributed by atoms with Gasteiger partial charge in [0.05, 0.1) is 0 Å². The lowest BCUT2D eigenvalue weighted by molar-refractivity contribution is 0.260. The monoisotopic (exact) mass is 184 g/mol. The molecule has 0 unspecified atom stereocenters. The highest BCUT2D eigenvalue weighted by Gasteiger charge is 2.27. The maximum Gasteiger partial charge on any atom is 0.00964 e. The molecule has 1 rings (SSSR count). The van der Waals surface area contributed by atoms with Gasteiger partial charge >= 0.3 is 0 Å². The molecule has 0 atom stereocenters. The molecule has 0 aromatic heterocycles. The van der Waals surface area contributed by atoms with E-state index in [2.05, 4.69) is 24.1 Å². The van der Waals surface area contributed by atoms with Gasteiger partial charge in [0, 0.05) is 6.04 Å². The van der Waals surface area contributed by atoms with Crippen LogP contribution in [-0.4, -0.2) is 37.1 Å². The molecule has 1 saturated carbocycles. The van der Waals surface area contributed by atoms with Gasteiger partial charge in [-0.15, -0.1) is 0 Å². The zero-order valence-corrected chi connectivity index (χ0v) is 9.18. The quantitative estimate of drug-likeness (QED) is 0.579. The van der Waals surface area contributed by atoms with E-state index in [1.807, 2.05) is 0 Å². The van der Waals surface area contributed by atoms with Crippen LogP contribution < -0.4 is 5.32 Å². The Hall–Kier alpha value is -0.0800. The molecule has 0 amide bonds. The van der Waals surface area contributed by atoms with Crippen molar-refractivity contribution in [1.82, 2.24) is 10.2 Å². The Bertz CT molecular complexity index is 121. The van der Waals surface area contributed by atoms with Crippen molar-refractivity contribution in [2.75, 3.05) is 26.2 Å². The molecule has 2 heteroatoms. The predicted molar refractivity (Wildman–Crippen MR) is 58.0 cm³/mol. The molecular weight excluding hydrogens is 160 g/mol. The van der Waals surface area contributed by atoms with Crippen molar-refractivity contribution in [2.45, 2.75) is 45.6 Å². The van der Waals surface area contributed by atoms with E-state index < -0.39 is 0 Å². The minimum atomic E-state index is 0.946. The summed E-state index contributed by atoms with van der Waals surface area (Å²) in [4.78, 5) is 2.66. The van der Waals surface area contributed by atoms with Gasteiger partial charge in [0.25, 0.3) is 0 Å². The van der Waals surface area contributed by atoms with Crippen LogP contribution in [0.1, 0.15) is 39.5 Å². The molecule has 1 aliphatic carbocycles. The molecule has 0 bridgehead atoms. The molecule has 2 nitrogen and oxygen atoms in total. The van der Waals surface area contributed by atoms with Gasteiger partial charge in [0.2, 0.25) is 0 Å². The van der Waals surface area contributed by atoms with E-state index in [1.165, 1.54) is 45.3 Å². The molecule has 1 fully saturated rings. The number of nitrogens with one attached hydrogen (secondary N) is 1. The van der Waals surface area contributed by atoms with Crippen molar-refractivity contribution in [3.63, 3.8) is 0 Å². The molecule has 0 aromatic carbocycles. The molecule has 0 saturated heterocycles. The molecule has 1 aliphatic rings. The molecule has 13 heavy (non-hydrogen) atoms. The van der Waals surface area contributed by atoms with Crippen LogP contribution in [0.15, 0.2) is 0 Å². The van der Waals surface area contributed by atoms with Crippen LogP contribution in [0.2, 0.25) is 0 Å². The SMILES string of the molecule is CCCN(CCCNCC)C1CC1. The standard InChI is InChI=1S/C11H24N2/c1-3-9-13(11-6-7-11)10-5-8-12-4-2/h11-12H,3-10H2,1-2H3. The largest absolute Gasteiger partial charge is 0.317 e. The molecule has 0 heterocycles. The van der Waals surface area contributed by atoms with Crippen LogP contribution in [0.3, 0.4) is 0 Å². The van der Waals surface area contributed by atoms with E-state index in [9.17, 15) is 0 Å². The molecule has 78 valence electrons. The van der Waals surface area contributed by atoms with E-state index in [0.717, 1.165) is 12.6 Å². The Labute approximate surface area is 82.7 Å². The Morgan fingerprint density at radius 3 is 2.54 bits per heavy atom. The minimum absolute atomic E-state index is 0.946. The first-order valence-corrected chi connectivity index (χ1v) is 5.83. The van der Waals surface area contributed by atoms with Crippen molar-refractivity contribution in [1.29, 1.82) is 0 Å². The number of hydrogen-bond donors (Lipinski definition) is 1. The van der Waals surface area contributed by atoms with Crippen molar-refractivity contribution >= 4 is 0 Å². The van der Waals surface area contributed by atoms with Crippen LogP contribution in [0.4, 0.5) is 0 Å². The fourth-order valence-corrected chi connectivity index (χ4v) is 1.79. The van der Waals surface area contributed by atoms with Gasteiger partial charge < -0.3 is 10.2 Å². The summed E-state index contributed by atoms with van der Waals surface area (Å²) in [5.74, 6) is 0.